The summed E-state index contributed by atoms with van der Waals surface area (Å²) < 4.78 is 5.36. The minimum atomic E-state index is -0.449. The Morgan fingerprint density at radius 1 is 1.11 bits per heavy atom. The fraction of sp³-hybridized carbons (Fsp3) is 0.700. The van der Waals surface area contributed by atoms with E-state index in [0.717, 1.165) is 50.5 Å². The third-order valence-electron chi connectivity index (χ3n) is 8.35. The Balaban J connectivity index is 1.91. The molecule has 35 heavy (non-hydrogen) atoms. The van der Waals surface area contributed by atoms with Crippen LogP contribution in [0.3, 0.4) is 0 Å². The van der Waals surface area contributed by atoms with Crippen LogP contribution in [-0.4, -0.2) is 34.8 Å². The first-order valence-corrected chi connectivity index (χ1v) is 13.5. The molecule has 0 N–H and O–H groups in total. The third kappa shape index (κ3) is 6.34. The SMILES string of the molecule is CCC(C)(C)CC[C@H](c1ccc(C(=O)OC(C)C)cc1)N1C(=O)C=NC12CCC(C(C)(C)C)CC2. The molecule has 3 rings (SSSR count). The van der Waals surface area contributed by atoms with Crippen LogP contribution in [0, 0.1) is 16.7 Å². The molecule has 0 radical (unpaired) electrons. The van der Waals surface area contributed by atoms with Crippen LogP contribution < -0.4 is 0 Å². The van der Waals surface area contributed by atoms with Crippen LogP contribution >= 0.6 is 0 Å². The van der Waals surface area contributed by atoms with Gasteiger partial charge >= 0.3 is 5.97 Å². The lowest BCUT2D eigenvalue weighted by Crippen LogP contribution is -2.51. The summed E-state index contributed by atoms with van der Waals surface area (Å²) in [7, 11) is 0. The molecule has 5 nitrogen and oxygen atoms in total. The predicted octanol–water partition coefficient (Wildman–Crippen LogP) is 7.35. The zero-order chi connectivity index (χ0) is 26.0. The molecule has 1 spiro atoms. The summed E-state index contributed by atoms with van der Waals surface area (Å²) in [5, 5.41) is 0. The first kappa shape index (κ1) is 27.4. The molecule has 1 atom stereocenters. The monoisotopic (exact) mass is 482 g/mol. The molecule has 194 valence electrons. The van der Waals surface area contributed by atoms with Gasteiger partial charge in [0.1, 0.15) is 5.66 Å². The molecule has 1 aromatic carbocycles. The number of carbonyl (C=O) groups is 2. The molecule has 0 unspecified atom stereocenters. The van der Waals surface area contributed by atoms with E-state index >= 15 is 0 Å². The minimum Gasteiger partial charge on any atom is -0.459 e. The molecule has 1 amide bonds. The van der Waals surface area contributed by atoms with Crippen LogP contribution in [0.1, 0.15) is 122 Å². The number of aliphatic imine (C=N–C) groups is 1. The molecule has 1 aliphatic heterocycles. The highest BCUT2D eigenvalue weighted by molar-refractivity contribution is 6.28. The van der Waals surface area contributed by atoms with E-state index in [1.54, 1.807) is 6.21 Å². The summed E-state index contributed by atoms with van der Waals surface area (Å²) >= 11 is 0. The highest BCUT2D eigenvalue weighted by Crippen LogP contribution is 2.49. The van der Waals surface area contributed by atoms with E-state index in [-0.39, 0.29) is 34.9 Å². The Morgan fingerprint density at radius 2 is 1.71 bits per heavy atom. The number of benzene rings is 1. The van der Waals surface area contributed by atoms with E-state index in [9.17, 15) is 9.59 Å². The molecule has 1 fully saturated rings. The quantitative estimate of drug-likeness (QED) is 0.364. The van der Waals surface area contributed by atoms with Crippen molar-refractivity contribution in [3.05, 3.63) is 35.4 Å². The fourth-order valence-corrected chi connectivity index (χ4v) is 5.54. The number of ether oxygens (including phenoxy) is 1. The smallest absolute Gasteiger partial charge is 0.338 e. The van der Waals surface area contributed by atoms with Gasteiger partial charge in [0, 0.05) is 0 Å². The average Bonchev–Trinajstić information content (AvgIpc) is 3.09. The van der Waals surface area contributed by atoms with Gasteiger partial charge in [0.2, 0.25) is 0 Å². The molecule has 0 bridgehead atoms. The molecular formula is C30H46N2O3. The van der Waals surface area contributed by atoms with E-state index in [1.807, 2.05) is 38.1 Å². The van der Waals surface area contributed by atoms with E-state index in [1.165, 1.54) is 0 Å². The van der Waals surface area contributed by atoms with E-state index in [2.05, 4.69) is 46.4 Å². The Kier molecular flexibility index (Phi) is 8.18. The maximum absolute atomic E-state index is 13.3. The van der Waals surface area contributed by atoms with Gasteiger partial charge in [-0.05, 0) is 86.8 Å². The number of carbonyl (C=O) groups excluding carboxylic acids is 2. The summed E-state index contributed by atoms with van der Waals surface area (Å²) in [6.45, 7) is 17.5. The zero-order valence-electron chi connectivity index (χ0n) is 23.2. The van der Waals surface area contributed by atoms with Gasteiger partial charge in [0.25, 0.3) is 5.91 Å². The Labute approximate surface area is 212 Å². The molecule has 5 heteroatoms. The van der Waals surface area contributed by atoms with Crippen LogP contribution in [0.25, 0.3) is 0 Å². The van der Waals surface area contributed by atoms with Gasteiger partial charge in [-0.1, -0.05) is 60.1 Å². The van der Waals surface area contributed by atoms with Gasteiger partial charge in [0.15, 0.2) is 0 Å². The van der Waals surface area contributed by atoms with Crippen molar-refractivity contribution in [2.75, 3.05) is 0 Å². The third-order valence-corrected chi connectivity index (χ3v) is 8.35. The van der Waals surface area contributed by atoms with Crippen LogP contribution in [-0.2, 0) is 9.53 Å². The van der Waals surface area contributed by atoms with Crippen LogP contribution in [0.15, 0.2) is 29.3 Å². The standard InChI is InChI=1S/C30H46N2O3/c1-9-29(7,8)17-16-25(22-10-12-23(13-11-22)27(34)35-21(2)3)32-26(33)20-31-30(32)18-14-24(15-19-30)28(4,5)6/h10-13,20-21,24-25H,9,14-19H2,1-8H3/t24?,25-,30?/m1/s1. The van der Waals surface area contributed by atoms with Gasteiger partial charge in [-0.25, -0.2) is 4.79 Å². The largest absolute Gasteiger partial charge is 0.459 e. The molecular weight excluding hydrogens is 436 g/mol. The van der Waals surface area contributed by atoms with Gasteiger partial charge in [0.05, 0.1) is 23.9 Å². The molecule has 1 heterocycles. The van der Waals surface area contributed by atoms with Crippen molar-refractivity contribution in [3.8, 4) is 0 Å². The van der Waals surface area contributed by atoms with Crippen molar-refractivity contribution in [2.24, 2.45) is 21.7 Å². The first-order chi connectivity index (χ1) is 16.3. The van der Waals surface area contributed by atoms with Crippen LogP contribution in [0.5, 0.6) is 0 Å². The number of hydrogen-bond acceptors (Lipinski definition) is 4. The lowest BCUT2D eigenvalue weighted by molar-refractivity contribution is -0.133. The van der Waals surface area contributed by atoms with Crippen molar-refractivity contribution in [1.82, 2.24) is 4.90 Å². The van der Waals surface area contributed by atoms with Gasteiger partial charge in [-0.2, -0.15) is 0 Å². The van der Waals surface area contributed by atoms with E-state index in [0.29, 0.717) is 11.5 Å². The summed E-state index contributed by atoms with van der Waals surface area (Å²) in [5.41, 5.74) is 1.62. The second kappa shape index (κ2) is 10.4. The van der Waals surface area contributed by atoms with Crippen molar-refractivity contribution >= 4 is 18.1 Å². The fourth-order valence-electron chi connectivity index (χ4n) is 5.54. The molecule has 0 aromatic heterocycles. The number of hydrogen-bond donors (Lipinski definition) is 0. The maximum Gasteiger partial charge on any atom is 0.338 e. The average molecular weight is 483 g/mol. The summed E-state index contributed by atoms with van der Waals surface area (Å²) in [6.07, 6.45) is 8.34. The van der Waals surface area contributed by atoms with Crippen molar-refractivity contribution in [1.29, 1.82) is 0 Å². The Hall–Kier alpha value is -2.17. The number of amides is 1. The molecule has 1 aliphatic carbocycles. The van der Waals surface area contributed by atoms with Crippen molar-refractivity contribution in [3.63, 3.8) is 0 Å². The number of esters is 1. The van der Waals surface area contributed by atoms with Crippen LogP contribution in [0.4, 0.5) is 0 Å². The van der Waals surface area contributed by atoms with Crippen molar-refractivity contribution < 1.29 is 14.3 Å². The lowest BCUT2D eigenvalue weighted by Gasteiger charge is -2.48. The van der Waals surface area contributed by atoms with Gasteiger partial charge in [-0.15, -0.1) is 0 Å². The van der Waals surface area contributed by atoms with Gasteiger partial charge in [-0.3, -0.25) is 9.79 Å². The lowest BCUT2D eigenvalue weighted by atomic mass is 9.69. The van der Waals surface area contributed by atoms with Gasteiger partial charge < -0.3 is 9.64 Å². The van der Waals surface area contributed by atoms with E-state index < -0.39 is 5.66 Å². The summed E-state index contributed by atoms with van der Waals surface area (Å²) in [6, 6.07) is 7.60. The van der Waals surface area contributed by atoms with Crippen LogP contribution in [0.2, 0.25) is 0 Å². The minimum absolute atomic E-state index is 0.0156. The van der Waals surface area contributed by atoms with Crippen molar-refractivity contribution in [2.45, 2.75) is 118 Å². The topological polar surface area (TPSA) is 59.0 Å². The molecule has 1 saturated carbocycles. The maximum atomic E-state index is 13.3. The summed E-state index contributed by atoms with van der Waals surface area (Å²) in [4.78, 5) is 32.7. The Morgan fingerprint density at radius 3 is 2.23 bits per heavy atom. The highest BCUT2D eigenvalue weighted by Gasteiger charge is 2.49. The second-order valence-corrected chi connectivity index (χ2v) is 12.7. The molecule has 0 saturated heterocycles. The molecule has 1 aromatic rings. The Bertz CT molecular complexity index is 916. The molecule has 2 aliphatic rings. The number of nitrogens with zero attached hydrogens (tertiary/aromatic N) is 2. The normalized spacial score (nSPS) is 23.9. The second-order valence-electron chi connectivity index (χ2n) is 12.7. The first-order valence-electron chi connectivity index (χ1n) is 13.5. The van der Waals surface area contributed by atoms with E-state index in [4.69, 9.17) is 9.73 Å². The zero-order valence-corrected chi connectivity index (χ0v) is 23.2. The predicted molar refractivity (Wildman–Crippen MR) is 143 cm³/mol. The number of rotatable bonds is 8. The highest BCUT2D eigenvalue weighted by atomic mass is 16.5. The summed E-state index contributed by atoms with van der Waals surface area (Å²) in [5.74, 6) is 0.346.